The van der Waals surface area contributed by atoms with Crippen molar-refractivity contribution in [3.05, 3.63) is 59.7 Å². The predicted molar refractivity (Wildman–Crippen MR) is 115 cm³/mol. The Morgan fingerprint density at radius 2 is 1.80 bits per heavy atom. The van der Waals surface area contributed by atoms with E-state index in [1.807, 2.05) is 0 Å². The summed E-state index contributed by atoms with van der Waals surface area (Å²) in [7, 11) is 2.80. The Labute approximate surface area is 179 Å². The molecule has 0 fully saturated rings. The molecule has 2 aromatic rings. The van der Waals surface area contributed by atoms with Gasteiger partial charge in [0.15, 0.2) is 5.62 Å². The molecule has 2 aromatic carbocycles. The summed E-state index contributed by atoms with van der Waals surface area (Å²) in [6.45, 7) is -0.0405. The molecule has 3 unspecified atom stereocenters. The predicted octanol–water partition coefficient (Wildman–Crippen LogP) is 3.18. The molecule has 10 heteroatoms. The third-order valence-electron chi connectivity index (χ3n) is 4.03. The normalized spacial score (nSPS) is 13.2. The molecule has 0 spiro atoms. The molecule has 0 bridgehead atoms. The summed E-state index contributed by atoms with van der Waals surface area (Å²) in [4.78, 5) is 22.5. The topological polar surface area (TPSA) is 84.9 Å². The number of hydrogen-bond donors (Lipinski definition) is 2. The van der Waals surface area contributed by atoms with Crippen molar-refractivity contribution in [2.45, 2.75) is 23.6 Å². The minimum atomic E-state index is -3.36. The minimum Gasteiger partial charge on any atom is -0.491 e. The van der Waals surface area contributed by atoms with Crippen LogP contribution in [0.1, 0.15) is 17.2 Å². The van der Waals surface area contributed by atoms with Gasteiger partial charge in [-0.05, 0) is 51.1 Å². The zero-order chi connectivity index (χ0) is 22.1. The van der Waals surface area contributed by atoms with Gasteiger partial charge in [0.25, 0.3) is 0 Å². The van der Waals surface area contributed by atoms with E-state index in [0.29, 0.717) is 23.4 Å². The van der Waals surface area contributed by atoms with E-state index in [2.05, 4.69) is 10.1 Å². The molecule has 0 aliphatic rings. The molecule has 30 heavy (non-hydrogen) atoms. The van der Waals surface area contributed by atoms with Crippen molar-refractivity contribution >= 4 is 32.5 Å². The van der Waals surface area contributed by atoms with E-state index in [-0.39, 0.29) is 18.3 Å². The van der Waals surface area contributed by atoms with E-state index in [9.17, 15) is 23.5 Å². The zero-order valence-corrected chi connectivity index (χ0v) is 18.1. The van der Waals surface area contributed by atoms with Crippen molar-refractivity contribution in [2.24, 2.45) is 0 Å². The first-order valence-corrected chi connectivity index (χ1v) is 10.4. The van der Waals surface area contributed by atoms with Crippen molar-refractivity contribution in [2.75, 3.05) is 13.7 Å². The molecular weight excluding hydrogens is 435 g/mol. The van der Waals surface area contributed by atoms with Crippen LogP contribution in [0.25, 0.3) is 0 Å². The maximum Gasteiger partial charge on any atom is 0.408 e. The maximum absolute atomic E-state index is 12.8. The second-order valence-corrected chi connectivity index (χ2v) is 7.95. The van der Waals surface area contributed by atoms with E-state index < -0.39 is 17.2 Å². The molecule has 0 heterocycles. The van der Waals surface area contributed by atoms with Gasteiger partial charge in [-0.2, -0.15) is 8.78 Å². The van der Waals surface area contributed by atoms with Crippen molar-refractivity contribution in [1.29, 1.82) is 0 Å². The van der Waals surface area contributed by atoms with Crippen LogP contribution in [0.5, 0.6) is 11.5 Å². The molecule has 1 amide bonds. The summed E-state index contributed by atoms with van der Waals surface area (Å²) in [6.07, 6.45) is -0.577. The summed E-state index contributed by atoms with van der Waals surface area (Å²) in [6, 6.07) is 12.6. The van der Waals surface area contributed by atoms with Crippen molar-refractivity contribution in [1.82, 2.24) is 5.32 Å². The van der Waals surface area contributed by atoms with Crippen LogP contribution in [0.15, 0.2) is 48.5 Å². The Hall–Kier alpha value is -2.22. The molecule has 3 atom stereocenters. The van der Waals surface area contributed by atoms with Crippen LogP contribution < -0.4 is 14.8 Å². The fraction of sp³-hybridized carbons (Fsp3) is 0.300. The molecule has 0 aromatic heterocycles. The Morgan fingerprint density at radius 1 is 1.20 bits per heavy atom. The quantitative estimate of drug-likeness (QED) is 0.398. The van der Waals surface area contributed by atoms with Gasteiger partial charge in [0.1, 0.15) is 24.2 Å². The highest BCUT2D eigenvalue weighted by atomic mass is 32.2. The number of aliphatic hydroxyl groups excluding tert-OH is 1. The molecule has 6 nitrogen and oxygen atoms in total. The number of ether oxygens (including phenoxy) is 2. The molecular formula is C20H22F2NO5PS. The van der Waals surface area contributed by atoms with Gasteiger partial charge in [0.05, 0.1) is 5.25 Å². The fourth-order valence-electron chi connectivity index (χ4n) is 2.55. The highest BCUT2D eigenvalue weighted by molar-refractivity contribution is 8.13. The highest BCUT2D eigenvalue weighted by Crippen LogP contribution is 2.28. The molecule has 0 aliphatic carbocycles. The van der Waals surface area contributed by atoms with Crippen LogP contribution >= 0.6 is 21.0 Å². The molecule has 0 saturated carbocycles. The fourth-order valence-corrected chi connectivity index (χ4v) is 3.35. The van der Waals surface area contributed by atoms with E-state index in [1.165, 1.54) is 40.6 Å². The first kappa shape index (κ1) is 24.1. The number of carbonyl (C=O) groups excluding carboxylic acids is 2. The summed E-state index contributed by atoms with van der Waals surface area (Å²) in [5, 5.41) is 12.2. The van der Waals surface area contributed by atoms with Gasteiger partial charge in [-0.25, -0.2) is 0 Å². The van der Waals surface area contributed by atoms with E-state index in [1.54, 1.807) is 24.3 Å². The van der Waals surface area contributed by atoms with Crippen molar-refractivity contribution in [3.8, 4) is 11.5 Å². The number of alkyl halides is 2. The second-order valence-electron chi connectivity index (χ2n) is 6.24. The largest absolute Gasteiger partial charge is 0.491 e. The van der Waals surface area contributed by atoms with Crippen molar-refractivity contribution < 1.29 is 33.0 Å². The zero-order valence-electron chi connectivity index (χ0n) is 16.1. The van der Waals surface area contributed by atoms with Gasteiger partial charge in [-0.3, -0.25) is 9.59 Å². The van der Waals surface area contributed by atoms with E-state index in [4.69, 9.17) is 4.74 Å². The SMILES string of the molecule is CNC(=O)C(Cc1ccc(OCC(O)c2ccc(OC(F)(F)P)cc2)cc1)SC=O. The number of hydrogen-bond acceptors (Lipinski definition) is 6. The van der Waals surface area contributed by atoms with Crippen LogP contribution in [0.4, 0.5) is 8.78 Å². The third-order valence-corrected chi connectivity index (χ3v) is 4.97. The lowest BCUT2D eigenvalue weighted by Gasteiger charge is -2.16. The van der Waals surface area contributed by atoms with Gasteiger partial charge in [-0.15, -0.1) is 0 Å². The van der Waals surface area contributed by atoms with Gasteiger partial charge in [-0.1, -0.05) is 36.0 Å². The van der Waals surface area contributed by atoms with Crippen LogP contribution in [-0.2, 0) is 16.0 Å². The summed E-state index contributed by atoms with van der Waals surface area (Å²) in [5.41, 5.74) is 1.99. The first-order valence-electron chi connectivity index (χ1n) is 8.88. The molecule has 0 saturated heterocycles. The van der Waals surface area contributed by atoms with Gasteiger partial charge in [0, 0.05) is 7.05 Å². The van der Waals surface area contributed by atoms with Crippen LogP contribution in [-0.4, -0.2) is 41.4 Å². The number of amides is 1. The Bertz CT molecular complexity index is 831. The Balaban J connectivity index is 1.89. The van der Waals surface area contributed by atoms with E-state index in [0.717, 1.165) is 17.3 Å². The molecule has 2 rings (SSSR count). The number of carbonyl (C=O) groups is 2. The molecule has 0 radical (unpaired) electrons. The number of halogens is 2. The number of thioether (sulfide) groups is 1. The van der Waals surface area contributed by atoms with Crippen LogP contribution in [0.2, 0.25) is 0 Å². The number of aliphatic hydroxyl groups is 1. The second kappa shape index (κ2) is 11.2. The minimum absolute atomic E-state index is 0.0229. The third kappa shape index (κ3) is 7.89. The number of rotatable bonds is 11. The van der Waals surface area contributed by atoms with Gasteiger partial charge >= 0.3 is 5.85 Å². The maximum atomic E-state index is 12.8. The molecule has 0 aliphatic heterocycles. The van der Waals surface area contributed by atoms with Crippen LogP contribution in [0.3, 0.4) is 0 Å². The first-order chi connectivity index (χ1) is 14.2. The number of nitrogens with one attached hydrogen (secondary N) is 1. The van der Waals surface area contributed by atoms with Crippen molar-refractivity contribution in [3.63, 3.8) is 0 Å². The van der Waals surface area contributed by atoms with Gasteiger partial charge < -0.3 is 19.9 Å². The average Bonchev–Trinajstić information content (AvgIpc) is 2.71. The number of benzene rings is 2. The summed E-state index contributed by atoms with van der Waals surface area (Å²) < 4.78 is 35.6. The van der Waals surface area contributed by atoms with Gasteiger partial charge in [0.2, 0.25) is 5.91 Å². The summed E-state index contributed by atoms with van der Waals surface area (Å²) >= 11 is 0.915. The lowest BCUT2D eigenvalue weighted by molar-refractivity contribution is -0.120. The highest BCUT2D eigenvalue weighted by Gasteiger charge is 2.23. The average molecular weight is 457 g/mol. The lowest BCUT2D eigenvalue weighted by Crippen LogP contribution is -2.31. The summed E-state index contributed by atoms with van der Waals surface area (Å²) in [5.74, 6) is -3.10. The smallest absolute Gasteiger partial charge is 0.408 e. The van der Waals surface area contributed by atoms with E-state index >= 15 is 0 Å². The Morgan fingerprint density at radius 3 is 2.33 bits per heavy atom. The Kier molecular flexibility index (Phi) is 9.02. The standard InChI is InChI=1S/C20H22F2NO5PS/c1-23-19(26)18(30-12-24)10-13-2-6-15(7-3-13)27-11-17(25)14-4-8-16(9-5-14)28-20(21,22)29/h2-9,12,17-18,25H,10-11,29H2,1H3,(H,23,26). The van der Waals surface area contributed by atoms with Crippen LogP contribution in [0, 0.1) is 0 Å². The lowest BCUT2D eigenvalue weighted by atomic mass is 10.1. The molecule has 162 valence electrons. The monoisotopic (exact) mass is 457 g/mol. The molecule has 2 N–H and O–H groups in total.